The zero-order chi connectivity index (χ0) is 17.8. The molecule has 6 bridgehead atoms. The largest absolute Gasteiger partial charge is 0.381 e. The van der Waals surface area contributed by atoms with Crippen LogP contribution in [0.3, 0.4) is 0 Å². The van der Waals surface area contributed by atoms with Crippen LogP contribution in [0.15, 0.2) is 0 Å². The number of ether oxygens (including phenoxy) is 1. The molecule has 5 aliphatic heterocycles. The molecular formula is C22H38N4O. The third-order valence-electron chi connectivity index (χ3n) is 9.26. The summed E-state index contributed by atoms with van der Waals surface area (Å²) in [5.41, 5.74) is 0. The van der Waals surface area contributed by atoms with Crippen molar-refractivity contribution in [2.75, 3.05) is 52.5 Å². The van der Waals surface area contributed by atoms with Crippen molar-refractivity contribution in [3.05, 3.63) is 0 Å². The van der Waals surface area contributed by atoms with Crippen LogP contribution in [-0.4, -0.2) is 64.6 Å². The number of nitrogens with one attached hydrogen (secondary N) is 4. The van der Waals surface area contributed by atoms with Crippen molar-refractivity contribution in [2.45, 2.75) is 37.8 Å². The monoisotopic (exact) mass is 374 g/mol. The molecule has 152 valence electrons. The molecule has 5 nitrogen and oxygen atoms in total. The van der Waals surface area contributed by atoms with E-state index in [2.05, 4.69) is 21.3 Å². The van der Waals surface area contributed by atoms with Gasteiger partial charge in [0.05, 0.1) is 13.2 Å². The minimum Gasteiger partial charge on any atom is -0.381 e. The van der Waals surface area contributed by atoms with Crippen molar-refractivity contribution < 1.29 is 4.74 Å². The van der Waals surface area contributed by atoms with E-state index in [0.717, 1.165) is 48.7 Å². The highest BCUT2D eigenvalue weighted by Crippen LogP contribution is 2.47. The predicted molar refractivity (Wildman–Crippen MR) is 107 cm³/mol. The first-order valence-corrected chi connectivity index (χ1v) is 11.8. The second-order valence-electron chi connectivity index (χ2n) is 10.6. The van der Waals surface area contributed by atoms with Crippen LogP contribution in [0.25, 0.3) is 0 Å². The summed E-state index contributed by atoms with van der Waals surface area (Å²) in [5, 5.41) is 15.6. The Morgan fingerprint density at radius 1 is 0.630 bits per heavy atom. The average Bonchev–Trinajstić information content (AvgIpc) is 2.68. The maximum Gasteiger partial charge on any atom is 0.0512 e. The van der Waals surface area contributed by atoms with E-state index in [1.165, 1.54) is 65.0 Å². The molecule has 0 aromatic heterocycles. The first-order valence-electron chi connectivity index (χ1n) is 11.8. The molecule has 0 spiro atoms. The Bertz CT molecular complexity index is 522. The van der Waals surface area contributed by atoms with E-state index in [1.807, 2.05) is 0 Å². The maximum absolute atomic E-state index is 6.21. The average molecular weight is 375 g/mol. The van der Waals surface area contributed by atoms with Crippen LogP contribution >= 0.6 is 0 Å². The molecule has 5 heterocycles. The third kappa shape index (κ3) is 3.00. The molecule has 5 heteroatoms. The van der Waals surface area contributed by atoms with E-state index in [0.29, 0.717) is 23.9 Å². The summed E-state index contributed by atoms with van der Waals surface area (Å²) >= 11 is 0. The van der Waals surface area contributed by atoms with Gasteiger partial charge >= 0.3 is 0 Å². The lowest BCUT2D eigenvalue weighted by Gasteiger charge is -2.58. The molecule has 0 aromatic carbocycles. The first-order chi connectivity index (χ1) is 13.4. The lowest BCUT2D eigenvalue weighted by Crippen LogP contribution is -2.69. The molecule has 6 rings (SSSR count). The van der Waals surface area contributed by atoms with Crippen molar-refractivity contribution in [2.24, 2.45) is 47.3 Å². The lowest BCUT2D eigenvalue weighted by atomic mass is 9.57. The molecule has 0 radical (unpaired) electrons. The fraction of sp³-hybridized carbons (Fsp3) is 1.00. The number of fused-ring (bicyclic) bond motifs is 6. The van der Waals surface area contributed by atoms with Gasteiger partial charge in [-0.1, -0.05) is 6.42 Å². The van der Waals surface area contributed by atoms with Crippen molar-refractivity contribution in [3.8, 4) is 0 Å². The van der Waals surface area contributed by atoms with Gasteiger partial charge in [-0.2, -0.15) is 0 Å². The molecule has 0 amide bonds. The molecule has 9 unspecified atom stereocenters. The second-order valence-corrected chi connectivity index (χ2v) is 10.6. The van der Waals surface area contributed by atoms with Gasteiger partial charge in [0.1, 0.15) is 0 Å². The number of hydrogen-bond acceptors (Lipinski definition) is 5. The van der Waals surface area contributed by atoms with Gasteiger partial charge in [0.25, 0.3) is 0 Å². The minimum absolute atomic E-state index is 0.681. The molecule has 6 fully saturated rings. The zero-order valence-electron chi connectivity index (χ0n) is 16.7. The number of hydrogen-bond donors (Lipinski definition) is 4. The van der Waals surface area contributed by atoms with Crippen molar-refractivity contribution in [1.29, 1.82) is 0 Å². The van der Waals surface area contributed by atoms with Gasteiger partial charge in [0.15, 0.2) is 0 Å². The Hall–Kier alpha value is -0.200. The van der Waals surface area contributed by atoms with E-state index in [4.69, 9.17) is 4.74 Å². The van der Waals surface area contributed by atoms with Gasteiger partial charge in [-0.05, 0) is 93.4 Å². The molecule has 1 saturated carbocycles. The highest BCUT2D eigenvalue weighted by atomic mass is 16.5. The number of rotatable bonds is 2. The Labute approximate surface area is 164 Å². The molecule has 9 atom stereocenters. The minimum atomic E-state index is 0.681. The lowest BCUT2D eigenvalue weighted by molar-refractivity contribution is -0.113. The van der Waals surface area contributed by atoms with E-state index < -0.39 is 0 Å². The summed E-state index contributed by atoms with van der Waals surface area (Å²) in [4.78, 5) is 0. The van der Waals surface area contributed by atoms with Gasteiger partial charge in [0, 0.05) is 24.5 Å². The zero-order valence-corrected chi connectivity index (χ0v) is 16.7. The van der Waals surface area contributed by atoms with E-state index in [-0.39, 0.29) is 0 Å². The van der Waals surface area contributed by atoms with Crippen LogP contribution in [0, 0.1) is 47.3 Å². The Kier molecular flexibility index (Phi) is 4.73. The SMILES string of the molecule is C1CC2CNCC(C1)C2C1NCC2COCC1C2C1NCC2CNCC1C2. The van der Waals surface area contributed by atoms with E-state index in [1.54, 1.807) is 0 Å². The summed E-state index contributed by atoms with van der Waals surface area (Å²) in [5.74, 6) is 6.55. The van der Waals surface area contributed by atoms with Crippen molar-refractivity contribution >= 4 is 0 Å². The summed E-state index contributed by atoms with van der Waals surface area (Å²) in [6, 6.07) is 1.39. The normalized spacial score (nSPS) is 55.1. The molecule has 0 aromatic rings. The molecule has 6 aliphatic rings. The van der Waals surface area contributed by atoms with Crippen LogP contribution in [0.4, 0.5) is 0 Å². The quantitative estimate of drug-likeness (QED) is 0.572. The van der Waals surface area contributed by atoms with Crippen LogP contribution in [0.2, 0.25) is 0 Å². The van der Waals surface area contributed by atoms with Crippen LogP contribution in [0.5, 0.6) is 0 Å². The summed E-state index contributed by atoms with van der Waals surface area (Å²) in [7, 11) is 0. The summed E-state index contributed by atoms with van der Waals surface area (Å²) in [6.07, 6.45) is 5.76. The van der Waals surface area contributed by atoms with Crippen LogP contribution in [0.1, 0.15) is 25.7 Å². The van der Waals surface area contributed by atoms with Gasteiger partial charge in [0.2, 0.25) is 0 Å². The smallest absolute Gasteiger partial charge is 0.0512 e. The maximum atomic E-state index is 6.21. The van der Waals surface area contributed by atoms with Crippen molar-refractivity contribution in [1.82, 2.24) is 21.3 Å². The molecular weight excluding hydrogens is 336 g/mol. The molecule has 27 heavy (non-hydrogen) atoms. The Morgan fingerprint density at radius 2 is 1.41 bits per heavy atom. The van der Waals surface area contributed by atoms with E-state index in [9.17, 15) is 0 Å². The standard InChI is InChI=1S/C22H38N4O/c1-2-14-7-24-8-15(3-1)19(14)22-18-12-27-11-17(10-26-22)20(18)21-16-4-13(6-25-21)5-23-9-16/h13-26H,1-12H2. The van der Waals surface area contributed by atoms with Gasteiger partial charge in [-0.25, -0.2) is 0 Å². The molecule has 5 saturated heterocycles. The third-order valence-corrected chi connectivity index (χ3v) is 9.26. The summed E-state index contributed by atoms with van der Waals surface area (Å²) < 4.78 is 6.21. The second kappa shape index (κ2) is 7.24. The van der Waals surface area contributed by atoms with Gasteiger partial charge < -0.3 is 26.0 Å². The van der Waals surface area contributed by atoms with Gasteiger partial charge in [-0.3, -0.25) is 0 Å². The predicted octanol–water partition coefficient (Wildman–Crippen LogP) is 0.670. The molecule has 1 aliphatic carbocycles. The van der Waals surface area contributed by atoms with Crippen molar-refractivity contribution in [3.63, 3.8) is 0 Å². The van der Waals surface area contributed by atoms with Crippen LogP contribution < -0.4 is 21.3 Å². The Balaban J connectivity index is 1.27. The number of piperidine rings is 4. The fourth-order valence-corrected chi connectivity index (χ4v) is 8.23. The summed E-state index contributed by atoms with van der Waals surface area (Å²) in [6.45, 7) is 9.30. The topological polar surface area (TPSA) is 57.4 Å². The fourth-order valence-electron chi connectivity index (χ4n) is 8.23. The highest BCUT2D eigenvalue weighted by Gasteiger charge is 2.53. The van der Waals surface area contributed by atoms with E-state index >= 15 is 0 Å². The molecule has 4 N–H and O–H groups in total. The first kappa shape index (κ1) is 17.6. The van der Waals surface area contributed by atoms with Gasteiger partial charge in [-0.15, -0.1) is 0 Å². The van der Waals surface area contributed by atoms with Crippen LogP contribution in [-0.2, 0) is 4.74 Å². The highest BCUT2D eigenvalue weighted by molar-refractivity contribution is 5.07. The Morgan fingerprint density at radius 3 is 2.30 bits per heavy atom.